The number of fused-ring (bicyclic) bond motifs is 1. The van der Waals surface area contributed by atoms with E-state index in [2.05, 4.69) is 38.4 Å². The van der Waals surface area contributed by atoms with Gasteiger partial charge in [-0.2, -0.15) is 5.10 Å². The van der Waals surface area contributed by atoms with Crippen molar-refractivity contribution in [2.24, 2.45) is 0 Å². The van der Waals surface area contributed by atoms with Gasteiger partial charge in [0.05, 0.1) is 11.4 Å². The number of para-hydroxylation sites is 1. The topological polar surface area (TPSA) is 42.7 Å². The number of aromatic nitrogens is 3. The van der Waals surface area contributed by atoms with Gasteiger partial charge in [0.2, 0.25) is 0 Å². The van der Waals surface area contributed by atoms with E-state index in [0.717, 1.165) is 40.2 Å². The minimum absolute atomic E-state index is 0.949. The first-order valence-corrected chi connectivity index (χ1v) is 7.65. The largest absolute Gasteiger partial charge is 0.369 e. The first-order chi connectivity index (χ1) is 10.3. The fourth-order valence-corrected chi connectivity index (χ4v) is 3.16. The van der Waals surface area contributed by atoms with Gasteiger partial charge in [0.25, 0.3) is 0 Å². The smallest absolute Gasteiger partial charge is 0.133 e. The van der Waals surface area contributed by atoms with Crippen LogP contribution in [0.4, 0.5) is 5.82 Å². The van der Waals surface area contributed by atoms with Crippen LogP contribution < -0.4 is 5.32 Å². The van der Waals surface area contributed by atoms with Crippen molar-refractivity contribution in [1.29, 1.82) is 0 Å². The van der Waals surface area contributed by atoms with E-state index in [1.54, 1.807) is 6.20 Å². The van der Waals surface area contributed by atoms with Crippen molar-refractivity contribution < 1.29 is 0 Å². The molecule has 0 spiro atoms. The molecule has 0 aliphatic carbocycles. The van der Waals surface area contributed by atoms with Crippen LogP contribution in [0.2, 0.25) is 0 Å². The maximum atomic E-state index is 4.82. The minimum Gasteiger partial charge on any atom is -0.369 e. The molecule has 0 fully saturated rings. The van der Waals surface area contributed by atoms with E-state index >= 15 is 0 Å². The molecule has 1 aliphatic rings. The molecular weight excluding hydrogens is 328 g/mol. The summed E-state index contributed by atoms with van der Waals surface area (Å²) in [4.78, 5) is 4.21. The summed E-state index contributed by atoms with van der Waals surface area (Å²) in [5, 5.41) is 8.26. The van der Waals surface area contributed by atoms with Crippen LogP contribution in [0.25, 0.3) is 16.9 Å². The number of rotatable bonds is 2. The van der Waals surface area contributed by atoms with Crippen LogP contribution in [-0.2, 0) is 6.42 Å². The lowest BCUT2D eigenvalue weighted by molar-refractivity contribution is 0.878. The lowest BCUT2D eigenvalue weighted by atomic mass is 10.1. The number of hydrogen-bond acceptors (Lipinski definition) is 3. The second kappa shape index (κ2) is 5.00. The van der Waals surface area contributed by atoms with E-state index < -0.39 is 0 Å². The molecule has 2 aromatic heterocycles. The van der Waals surface area contributed by atoms with Crippen LogP contribution in [0.3, 0.4) is 0 Å². The number of hydrogen-bond donors (Lipinski definition) is 1. The molecule has 0 amide bonds. The number of nitrogens with one attached hydrogen (secondary N) is 1. The lowest BCUT2D eigenvalue weighted by Crippen LogP contribution is -2.04. The Morgan fingerprint density at radius 2 is 2.05 bits per heavy atom. The van der Waals surface area contributed by atoms with Crippen molar-refractivity contribution in [2.45, 2.75) is 6.42 Å². The van der Waals surface area contributed by atoms with Gasteiger partial charge in [0.1, 0.15) is 5.82 Å². The van der Waals surface area contributed by atoms with Gasteiger partial charge in [0.15, 0.2) is 0 Å². The lowest BCUT2D eigenvalue weighted by Gasteiger charge is -2.08. The summed E-state index contributed by atoms with van der Waals surface area (Å²) in [7, 11) is 0. The zero-order chi connectivity index (χ0) is 14.2. The normalized spacial score (nSPS) is 13.0. The summed E-state index contributed by atoms with van der Waals surface area (Å²) in [6, 6.07) is 12.1. The van der Waals surface area contributed by atoms with E-state index in [1.165, 1.54) is 5.56 Å². The summed E-state index contributed by atoms with van der Waals surface area (Å²) in [6.07, 6.45) is 4.64. The number of anilines is 1. The summed E-state index contributed by atoms with van der Waals surface area (Å²) in [5.74, 6) is 1.08. The van der Waals surface area contributed by atoms with Gasteiger partial charge in [-0.05, 0) is 46.6 Å². The minimum atomic E-state index is 0.949. The molecule has 4 rings (SSSR count). The van der Waals surface area contributed by atoms with Crippen LogP contribution in [-0.4, -0.2) is 21.3 Å². The van der Waals surface area contributed by atoms with E-state index in [-0.39, 0.29) is 0 Å². The third-order valence-corrected chi connectivity index (χ3v) is 4.34. The highest BCUT2D eigenvalue weighted by molar-refractivity contribution is 9.10. The van der Waals surface area contributed by atoms with Crippen LogP contribution in [0.15, 0.2) is 53.3 Å². The van der Waals surface area contributed by atoms with E-state index in [4.69, 9.17) is 5.10 Å². The van der Waals surface area contributed by atoms with Gasteiger partial charge in [-0.25, -0.2) is 4.68 Å². The van der Waals surface area contributed by atoms with Crippen molar-refractivity contribution >= 4 is 21.7 Å². The Balaban J connectivity index is 1.93. The van der Waals surface area contributed by atoms with Crippen LogP contribution >= 0.6 is 15.9 Å². The van der Waals surface area contributed by atoms with E-state index in [1.807, 2.05) is 35.1 Å². The first kappa shape index (κ1) is 12.6. The highest BCUT2D eigenvalue weighted by Crippen LogP contribution is 2.35. The molecule has 4 nitrogen and oxygen atoms in total. The standard InChI is InChI=1S/C16H13BrN4/c17-13-5-1-2-6-14(13)21-16-12(7-9-19-16)15(20-21)11-4-3-8-18-10-11/h1-6,8,10,19H,7,9H2. The van der Waals surface area contributed by atoms with Gasteiger partial charge in [-0.1, -0.05) is 12.1 Å². The highest BCUT2D eigenvalue weighted by Gasteiger charge is 2.24. The average Bonchev–Trinajstić information content (AvgIpc) is 3.11. The molecule has 0 radical (unpaired) electrons. The molecule has 21 heavy (non-hydrogen) atoms. The Kier molecular flexibility index (Phi) is 3.00. The predicted octanol–water partition coefficient (Wildman–Crippen LogP) is 3.66. The molecule has 0 atom stereocenters. The number of nitrogens with zero attached hydrogens (tertiary/aromatic N) is 3. The SMILES string of the molecule is Brc1ccccc1-n1nc(-c2cccnc2)c2c1NCC2. The summed E-state index contributed by atoms with van der Waals surface area (Å²) in [6.45, 7) is 0.949. The molecule has 3 aromatic rings. The molecule has 0 unspecified atom stereocenters. The third-order valence-electron chi connectivity index (χ3n) is 3.67. The number of halogens is 1. The predicted molar refractivity (Wildman–Crippen MR) is 86.7 cm³/mol. The Morgan fingerprint density at radius 3 is 2.86 bits per heavy atom. The van der Waals surface area contributed by atoms with Gasteiger partial charge in [-0.15, -0.1) is 0 Å². The molecule has 104 valence electrons. The zero-order valence-corrected chi connectivity index (χ0v) is 12.8. The van der Waals surface area contributed by atoms with Crippen LogP contribution in [0, 0.1) is 0 Å². The summed E-state index contributed by atoms with van der Waals surface area (Å²) < 4.78 is 3.01. The Labute approximate surface area is 131 Å². The van der Waals surface area contributed by atoms with Crippen molar-refractivity contribution in [3.05, 3.63) is 58.8 Å². The molecular formula is C16H13BrN4. The van der Waals surface area contributed by atoms with Gasteiger partial charge >= 0.3 is 0 Å². The van der Waals surface area contributed by atoms with Crippen molar-refractivity contribution in [1.82, 2.24) is 14.8 Å². The van der Waals surface area contributed by atoms with Crippen molar-refractivity contribution in [3.8, 4) is 16.9 Å². The fourth-order valence-electron chi connectivity index (χ4n) is 2.71. The summed E-state index contributed by atoms with van der Waals surface area (Å²) >= 11 is 3.61. The van der Waals surface area contributed by atoms with Gasteiger partial charge < -0.3 is 5.32 Å². The third kappa shape index (κ3) is 2.05. The Hall–Kier alpha value is -2.14. The van der Waals surface area contributed by atoms with Crippen LogP contribution in [0.5, 0.6) is 0 Å². The Bertz CT molecular complexity index is 795. The molecule has 1 N–H and O–H groups in total. The van der Waals surface area contributed by atoms with E-state index in [0.29, 0.717) is 0 Å². The zero-order valence-electron chi connectivity index (χ0n) is 11.3. The molecule has 1 aromatic carbocycles. The molecule has 0 bridgehead atoms. The monoisotopic (exact) mass is 340 g/mol. The molecule has 5 heteroatoms. The van der Waals surface area contributed by atoms with Crippen LogP contribution in [0.1, 0.15) is 5.56 Å². The fraction of sp³-hybridized carbons (Fsp3) is 0.125. The van der Waals surface area contributed by atoms with Gasteiger partial charge in [-0.3, -0.25) is 4.98 Å². The molecule has 0 saturated carbocycles. The maximum absolute atomic E-state index is 4.82. The molecule has 0 saturated heterocycles. The molecule has 3 heterocycles. The number of pyridine rings is 1. The quantitative estimate of drug-likeness (QED) is 0.774. The summed E-state index contributed by atoms with van der Waals surface area (Å²) in [5.41, 5.74) is 4.37. The van der Waals surface area contributed by atoms with Crippen molar-refractivity contribution in [3.63, 3.8) is 0 Å². The highest BCUT2D eigenvalue weighted by atomic mass is 79.9. The maximum Gasteiger partial charge on any atom is 0.133 e. The van der Waals surface area contributed by atoms with Crippen molar-refractivity contribution in [2.75, 3.05) is 11.9 Å². The number of benzene rings is 1. The van der Waals surface area contributed by atoms with E-state index in [9.17, 15) is 0 Å². The Morgan fingerprint density at radius 1 is 1.14 bits per heavy atom. The molecule has 1 aliphatic heterocycles. The second-order valence-electron chi connectivity index (χ2n) is 4.96. The second-order valence-corrected chi connectivity index (χ2v) is 5.81. The average molecular weight is 341 g/mol. The van der Waals surface area contributed by atoms with Gasteiger partial charge in [0, 0.05) is 34.5 Å². The first-order valence-electron chi connectivity index (χ1n) is 6.85.